The van der Waals surface area contributed by atoms with Gasteiger partial charge in [-0.1, -0.05) is 19.8 Å². The molecule has 4 nitrogen and oxygen atoms in total. The summed E-state index contributed by atoms with van der Waals surface area (Å²) in [7, 11) is 0. The van der Waals surface area contributed by atoms with E-state index in [2.05, 4.69) is 31.2 Å². The third kappa shape index (κ3) is 2.59. The van der Waals surface area contributed by atoms with Gasteiger partial charge in [0.25, 0.3) is 0 Å². The van der Waals surface area contributed by atoms with E-state index in [0.717, 1.165) is 25.8 Å². The van der Waals surface area contributed by atoms with E-state index in [0.29, 0.717) is 6.04 Å². The van der Waals surface area contributed by atoms with Crippen molar-refractivity contribution in [2.24, 2.45) is 0 Å². The van der Waals surface area contributed by atoms with Gasteiger partial charge >= 0.3 is 0 Å². The van der Waals surface area contributed by atoms with Gasteiger partial charge in [-0.2, -0.15) is 5.10 Å². The van der Waals surface area contributed by atoms with Crippen LogP contribution in [0, 0.1) is 6.92 Å². The van der Waals surface area contributed by atoms with Crippen molar-refractivity contribution in [1.29, 1.82) is 0 Å². The molecule has 0 radical (unpaired) electrons. The molecule has 0 aromatic carbocycles. The fraction of sp³-hybridized carbons (Fsp3) is 0.786. The Morgan fingerprint density at radius 3 is 2.89 bits per heavy atom. The van der Waals surface area contributed by atoms with Crippen molar-refractivity contribution in [3.05, 3.63) is 17.5 Å². The van der Waals surface area contributed by atoms with Crippen molar-refractivity contribution in [3.8, 4) is 0 Å². The van der Waals surface area contributed by atoms with Gasteiger partial charge in [-0.3, -0.25) is 4.68 Å². The first kappa shape index (κ1) is 13.6. The second kappa shape index (κ2) is 5.85. The third-order valence-electron chi connectivity index (χ3n) is 4.07. The molecule has 3 unspecified atom stereocenters. The van der Waals surface area contributed by atoms with Crippen molar-refractivity contribution in [2.75, 3.05) is 6.54 Å². The van der Waals surface area contributed by atoms with Crippen LogP contribution >= 0.6 is 0 Å². The van der Waals surface area contributed by atoms with Crippen molar-refractivity contribution in [1.82, 2.24) is 15.1 Å². The van der Waals surface area contributed by atoms with Gasteiger partial charge in [0.2, 0.25) is 0 Å². The lowest BCUT2D eigenvalue weighted by Crippen LogP contribution is -2.29. The zero-order valence-electron chi connectivity index (χ0n) is 11.7. The normalized spacial score (nSPS) is 26.2. The molecule has 1 aromatic heterocycles. The van der Waals surface area contributed by atoms with Crippen molar-refractivity contribution in [3.63, 3.8) is 0 Å². The topological polar surface area (TPSA) is 50.1 Å². The summed E-state index contributed by atoms with van der Waals surface area (Å²) in [5.74, 6) is 0. The third-order valence-corrected chi connectivity index (χ3v) is 4.07. The number of hydrogen-bond donors (Lipinski definition) is 2. The van der Waals surface area contributed by atoms with Gasteiger partial charge in [0.15, 0.2) is 0 Å². The van der Waals surface area contributed by atoms with Crippen molar-refractivity contribution >= 4 is 0 Å². The van der Waals surface area contributed by atoms with Crippen LogP contribution in [0.25, 0.3) is 0 Å². The van der Waals surface area contributed by atoms with Crippen LogP contribution < -0.4 is 5.32 Å². The molecule has 2 rings (SSSR count). The molecule has 0 aliphatic heterocycles. The fourth-order valence-corrected chi connectivity index (χ4v) is 2.99. The Bertz CT molecular complexity index is 388. The first-order chi connectivity index (χ1) is 8.65. The molecular weight excluding hydrogens is 226 g/mol. The number of nitrogens with one attached hydrogen (secondary N) is 1. The lowest BCUT2D eigenvalue weighted by atomic mass is 9.92. The van der Waals surface area contributed by atoms with E-state index in [9.17, 15) is 5.11 Å². The second-order valence-electron chi connectivity index (χ2n) is 5.33. The molecule has 0 spiro atoms. The predicted octanol–water partition coefficient (Wildman–Crippen LogP) is 2.34. The van der Waals surface area contributed by atoms with Crippen LogP contribution in [0.4, 0.5) is 0 Å². The van der Waals surface area contributed by atoms with Gasteiger partial charge in [-0.15, -0.1) is 0 Å². The predicted molar refractivity (Wildman–Crippen MR) is 72.6 cm³/mol. The average Bonchev–Trinajstić information content (AvgIpc) is 2.72. The molecule has 0 saturated heterocycles. The van der Waals surface area contributed by atoms with Crippen molar-refractivity contribution in [2.45, 2.75) is 64.6 Å². The van der Waals surface area contributed by atoms with E-state index < -0.39 is 0 Å². The maximum absolute atomic E-state index is 10.1. The van der Waals surface area contributed by atoms with E-state index in [1.165, 1.54) is 17.7 Å². The van der Waals surface area contributed by atoms with Gasteiger partial charge in [0, 0.05) is 17.3 Å². The number of hydrogen-bond acceptors (Lipinski definition) is 3. The standard InChI is InChI=1S/C14H25N3O/c1-4-15-10(2)12-9-16-17(11(12)3)13-7-5-6-8-14(13)18/h9-10,13-15,18H,4-8H2,1-3H3. The molecule has 1 aliphatic carbocycles. The van der Waals surface area contributed by atoms with Gasteiger partial charge in [-0.25, -0.2) is 0 Å². The number of aromatic nitrogens is 2. The molecule has 1 aliphatic rings. The zero-order valence-corrected chi connectivity index (χ0v) is 11.7. The van der Waals surface area contributed by atoms with Crippen LogP contribution in [0.5, 0.6) is 0 Å². The summed E-state index contributed by atoms with van der Waals surface area (Å²) in [6.07, 6.45) is 5.99. The van der Waals surface area contributed by atoms with E-state index in [4.69, 9.17) is 0 Å². The summed E-state index contributed by atoms with van der Waals surface area (Å²) in [6, 6.07) is 0.491. The molecule has 1 heterocycles. The minimum absolute atomic E-state index is 0.168. The lowest BCUT2D eigenvalue weighted by Gasteiger charge is -2.29. The summed E-state index contributed by atoms with van der Waals surface area (Å²) in [4.78, 5) is 0. The van der Waals surface area contributed by atoms with Crippen molar-refractivity contribution < 1.29 is 5.11 Å². The highest BCUT2D eigenvalue weighted by Gasteiger charge is 2.27. The smallest absolute Gasteiger partial charge is 0.0781 e. The Hall–Kier alpha value is -0.870. The van der Waals surface area contributed by atoms with Crippen LogP contribution in [0.3, 0.4) is 0 Å². The maximum Gasteiger partial charge on any atom is 0.0781 e. The monoisotopic (exact) mass is 251 g/mol. The Balaban J connectivity index is 2.19. The molecule has 102 valence electrons. The number of aliphatic hydroxyl groups is 1. The van der Waals surface area contributed by atoms with Gasteiger partial charge in [0.05, 0.1) is 18.3 Å². The molecule has 1 saturated carbocycles. The molecule has 18 heavy (non-hydrogen) atoms. The van der Waals surface area contributed by atoms with Gasteiger partial charge in [-0.05, 0) is 33.2 Å². The van der Waals surface area contributed by atoms with Gasteiger partial charge in [0.1, 0.15) is 0 Å². The molecule has 3 atom stereocenters. The molecule has 1 aromatic rings. The first-order valence-corrected chi connectivity index (χ1v) is 7.10. The number of nitrogens with zero attached hydrogens (tertiary/aromatic N) is 2. The van der Waals surface area contributed by atoms with Crippen LogP contribution in [0.15, 0.2) is 6.20 Å². The van der Waals surface area contributed by atoms with E-state index in [1.54, 1.807) is 0 Å². The van der Waals surface area contributed by atoms with Crippen LogP contribution in [0.1, 0.15) is 62.9 Å². The quantitative estimate of drug-likeness (QED) is 0.863. The summed E-state index contributed by atoms with van der Waals surface area (Å²) in [6.45, 7) is 7.34. The highest BCUT2D eigenvalue weighted by molar-refractivity contribution is 5.20. The summed E-state index contributed by atoms with van der Waals surface area (Å²) in [5, 5.41) is 18.0. The number of rotatable bonds is 4. The van der Waals surface area contributed by atoms with Crippen LogP contribution in [0.2, 0.25) is 0 Å². The minimum atomic E-state index is -0.236. The molecular formula is C14H25N3O. The van der Waals surface area contributed by atoms with Crippen LogP contribution in [-0.4, -0.2) is 27.5 Å². The largest absolute Gasteiger partial charge is 0.391 e. The molecule has 4 heteroatoms. The molecule has 1 fully saturated rings. The maximum atomic E-state index is 10.1. The fourth-order valence-electron chi connectivity index (χ4n) is 2.99. The highest BCUT2D eigenvalue weighted by Crippen LogP contribution is 2.30. The Morgan fingerprint density at radius 1 is 1.50 bits per heavy atom. The Labute approximate surface area is 109 Å². The summed E-state index contributed by atoms with van der Waals surface area (Å²) in [5.41, 5.74) is 2.43. The molecule has 0 amide bonds. The Kier molecular flexibility index (Phi) is 4.40. The zero-order chi connectivity index (χ0) is 13.1. The van der Waals surface area contributed by atoms with E-state index >= 15 is 0 Å². The average molecular weight is 251 g/mol. The second-order valence-corrected chi connectivity index (χ2v) is 5.33. The minimum Gasteiger partial charge on any atom is -0.391 e. The summed E-state index contributed by atoms with van der Waals surface area (Å²) < 4.78 is 2.03. The van der Waals surface area contributed by atoms with E-state index in [-0.39, 0.29) is 12.1 Å². The first-order valence-electron chi connectivity index (χ1n) is 7.10. The van der Waals surface area contributed by atoms with E-state index in [1.807, 2.05) is 10.9 Å². The number of aliphatic hydroxyl groups excluding tert-OH is 1. The highest BCUT2D eigenvalue weighted by atomic mass is 16.3. The summed E-state index contributed by atoms with van der Waals surface area (Å²) >= 11 is 0. The lowest BCUT2D eigenvalue weighted by molar-refractivity contribution is 0.0683. The molecule has 2 N–H and O–H groups in total. The van der Waals surface area contributed by atoms with Crippen LogP contribution in [-0.2, 0) is 0 Å². The molecule has 0 bridgehead atoms. The SMILES string of the molecule is CCNC(C)c1cnn(C2CCCCC2O)c1C. The Morgan fingerprint density at radius 2 is 2.22 bits per heavy atom. The van der Waals surface area contributed by atoms with Gasteiger partial charge < -0.3 is 10.4 Å².